The van der Waals surface area contributed by atoms with Gasteiger partial charge in [0.15, 0.2) is 0 Å². The molecular weight excluding hydrogens is 439 g/mol. The molecule has 24 heavy (non-hydrogen) atoms. The summed E-state index contributed by atoms with van der Waals surface area (Å²) >= 11 is 3.70. The van der Waals surface area contributed by atoms with Crippen molar-refractivity contribution in [3.05, 3.63) is 43.3 Å². The van der Waals surface area contributed by atoms with Gasteiger partial charge in [0.05, 0.1) is 12.7 Å². The summed E-state index contributed by atoms with van der Waals surface area (Å²) in [6.07, 6.45) is 2.42. The molecule has 1 aliphatic rings. The number of thiophene rings is 1. The van der Waals surface area contributed by atoms with E-state index < -0.39 is 0 Å². The Kier molecular flexibility index (Phi) is 5.21. The number of hydrogen-bond acceptors (Lipinski definition) is 6. The van der Waals surface area contributed by atoms with Crippen LogP contribution in [0.1, 0.15) is 26.4 Å². The van der Waals surface area contributed by atoms with Crippen molar-refractivity contribution >= 4 is 51.1 Å². The van der Waals surface area contributed by atoms with Crippen LogP contribution in [0.5, 0.6) is 5.75 Å². The molecule has 1 aromatic carbocycles. The van der Waals surface area contributed by atoms with Crippen LogP contribution in [-0.2, 0) is 17.7 Å². The van der Waals surface area contributed by atoms with E-state index in [9.17, 15) is 9.90 Å². The average Bonchev–Trinajstić information content (AvgIpc) is 2.92. The van der Waals surface area contributed by atoms with Gasteiger partial charge >= 0.3 is 5.97 Å². The van der Waals surface area contributed by atoms with E-state index in [0.717, 1.165) is 33.5 Å². The van der Waals surface area contributed by atoms with Gasteiger partial charge in [-0.1, -0.05) is 0 Å². The van der Waals surface area contributed by atoms with E-state index in [1.807, 2.05) is 12.1 Å². The molecule has 1 N–H and O–H groups in total. The normalized spacial score (nSPS) is 14.8. The lowest BCUT2D eigenvalue weighted by molar-refractivity contribution is 0.0600. The number of benzene rings is 1. The molecule has 2 aromatic rings. The van der Waals surface area contributed by atoms with Gasteiger partial charge in [0.1, 0.15) is 10.8 Å². The number of nitrogens with zero attached hydrogens (tertiary/aromatic N) is 2. The molecule has 0 radical (unpaired) electrons. The smallest absolute Gasteiger partial charge is 0.341 e. The molecule has 0 saturated carbocycles. The van der Waals surface area contributed by atoms with Crippen molar-refractivity contribution in [2.45, 2.75) is 13.0 Å². The maximum absolute atomic E-state index is 12.2. The summed E-state index contributed by atoms with van der Waals surface area (Å²) in [5, 5.41) is 10.6. The minimum Gasteiger partial charge on any atom is -0.507 e. The summed E-state index contributed by atoms with van der Waals surface area (Å²) in [6, 6.07) is 5.31. The van der Waals surface area contributed by atoms with Gasteiger partial charge in [0.2, 0.25) is 0 Å². The van der Waals surface area contributed by atoms with Crippen LogP contribution < -0.4 is 0 Å². The molecule has 1 aromatic heterocycles. The highest BCUT2D eigenvalue weighted by molar-refractivity contribution is 14.1. The van der Waals surface area contributed by atoms with E-state index >= 15 is 0 Å². The van der Waals surface area contributed by atoms with Crippen molar-refractivity contribution < 1.29 is 14.6 Å². The van der Waals surface area contributed by atoms with Crippen LogP contribution in [-0.4, -0.2) is 42.9 Å². The Morgan fingerprint density at radius 3 is 3.04 bits per heavy atom. The number of phenols is 1. The van der Waals surface area contributed by atoms with Gasteiger partial charge in [-0.25, -0.2) is 9.79 Å². The summed E-state index contributed by atoms with van der Waals surface area (Å²) in [4.78, 5) is 20.1. The first-order valence-electron chi connectivity index (χ1n) is 7.43. The van der Waals surface area contributed by atoms with Crippen LogP contribution in [0.25, 0.3) is 0 Å². The monoisotopic (exact) mass is 456 g/mol. The number of hydrogen-bond donors (Lipinski definition) is 1. The van der Waals surface area contributed by atoms with Crippen LogP contribution in [0, 0.1) is 3.57 Å². The lowest BCUT2D eigenvalue weighted by atomic mass is 10.0. The summed E-state index contributed by atoms with van der Waals surface area (Å²) in [6.45, 7) is 1.72. The average molecular weight is 456 g/mol. The number of rotatable bonds is 3. The van der Waals surface area contributed by atoms with Gasteiger partial charge in [-0.05, 0) is 59.8 Å². The van der Waals surface area contributed by atoms with Crippen LogP contribution in [0.2, 0.25) is 0 Å². The van der Waals surface area contributed by atoms with Gasteiger partial charge < -0.3 is 14.7 Å². The Balaban J connectivity index is 2.02. The van der Waals surface area contributed by atoms with Crippen molar-refractivity contribution in [3.8, 4) is 5.75 Å². The Morgan fingerprint density at radius 1 is 1.50 bits per heavy atom. The number of aromatic hydroxyl groups is 1. The topological polar surface area (TPSA) is 62.1 Å². The second-order valence-electron chi connectivity index (χ2n) is 5.62. The molecule has 0 amide bonds. The van der Waals surface area contributed by atoms with Crippen molar-refractivity contribution in [2.75, 3.05) is 20.7 Å². The van der Waals surface area contributed by atoms with Gasteiger partial charge in [-0.3, -0.25) is 0 Å². The first-order chi connectivity index (χ1) is 11.5. The highest BCUT2D eigenvalue weighted by Crippen LogP contribution is 2.39. The van der Waals surface area contributed by atoms with Crippen LogP contribution in [0.3, 0.4) is 0 Å². The lowest BCUT2D eigenvalue weighted by Crippen LogP contribution is -2.26. The number of aliphatic imine (C=N–C) groups is 1. The molecule has 126 valence electrons. The summed E-state index contributed by atoms with van der Waals surface area (Å²) < 4.78 is 5.96. The van der Waals surface area contributed by atoms with Gasteiger partial charge in [-0.2, -0.15) is 0 Å². The Morgan fingerprint density at radius 2 is 2.29 bits per heavy atom. The molecule has 3 rings (SSSR count). The van der Waals surface area contributed by atoms with E-state index in [0.29, 0.717) is 16.1 Å². The summed E-state index contributed by atoms with van der Waals surface area (Å²) in [5.74, 6) is -0.184. The third kappa shape index (κ3) is 3.47. The fourth-order valence-electron chi connectivity index (χ4n) is 2.68. The Bertz CT molecular complexity index is 816. The van der Waals surface area contributed by atoms with Gasteiger partial charge in [0, 0.05) is 33.3 Å². The quantitative estimate of drug-likeness (QED) is 0.436. The molecule has 1 aliphatic heterocycles. The zero-order valence-electron chi connectivity index (χ0n) is 13.4. The lowest BCUT2D eigenvalue weighted by Gasteiger charge is -2.22. The predicted octanol–water partition coefficient (Wildman–Crippen LogP) is 3.58. The van der Waals surface area contributed by atoms with Crippen molar-refractivity contribution in [1.82, 2.24) is 4.90 Å². The van der Waals surface area contributed by atoms with Gasteiger partial charge in [-0.15, -0.1) is 11.3 Å². The highest BCUT2D eigenvalue weighted by atomic mass is 127. The molecular formula is C17H17IN2O3S. The SMILES string of the molecule is COC(=O)c1c(N=Cc2cc(I)ccc2O)sc2c1CCN(C)C2. The highest BCUT2D eigenvalue weighted by Gasteiger charge is 2.27. The molecule has 0 bridgehead atoms. The molecule has 0 fully saturated rings. The maximum Gasteiger partial charge on any atom is 0.341 e. The number of likely N-dealkylation sites (N-methyl/N-ethyl adjacent to an activating group) is 1. The van der Waals surface area contributed by atoms with Gasteiger partial charge in [0.25, 0.3) is 0 Å². The zero-order valence-corrected chi connectivity index (χ0v) is 16.3. The largest absolute Gasteiger partial charge is 0.507 e. The van der Waals surface area contributed by atoms with Crippen LogP contribution >= 0.6 is 33.9 Å². The number of fused-ring (bicyclic) bond motifs is 1. The summed E-state index contributed by atoms with van der Waals surface area (Å²) in [5.41, 5.74) is 2.23. The second-order valence-corrected chi connectivity index (χ2v) is 7.95. The molecule has 0 aliphatic carbocycles. The molecule has 5 nitrogen and oxygen atoms in total. The first kappa shape index (κ1) is 17.4. The standard InChI is InChI=1S/C17H17IN2O3S/c1-20-6-5-12-14(9-20)24-16(15(12)17(22)23-2)19-8-10-7-11(18)3-4-13(10)21/h3-4,7-8,21H,5-6,9H2,1-2H3. The molecule has 0 saturated heterocycles. The zero-order chi connectivity index (χ0) is 17.3. The summed E-state index contributed by atoms with van der Waals surface area (Å²) in [7, 11) is 3.45. The Labute approximate surface area is 158 Å². The van der Waals surface area contributed by atoms with E-state index in [-0.39, 0.29) is 11.7 Å². The van der Waals surface area contributed by atoms with Crippen molar-refractivity contribution in [3.63, 3.8) is 0 Å². The van der Waals surface area contributed by atoms with E-state index in [4.69, 9.17) is 4.74 Å². The fraction of sp³-hybridized carbons (Fsp3) is 0.294. The number of ether oxygens (including phenoxy) is 1. The number of phenolic OH excluding ortho intramolecular Hbond substituents is 1. The molecule has 2 heterocycles. The third-order valence-corrected chi connectivity index (χ3v) is 5.72. The van der Waals surface area contributed by atoms with Crippen LogP contribution in [0.4, 0.5) is 5.00 Å². The fourth-order valence-corrected chi connectivity index (χ4v) is 4.45. The second kappa shape index (κ2) is 7.20. The van der Waals surface area contributed by atoms with E-state index in [2.05, 4.69) is 39.5 Å². The van der Waals surface area contributed by atoms with Crippen molar-refractivity contribution in [1.29, 1.82) is 0 Å². The van der Waals surface area contributed by atoms with Crippen LogP contribution in [0.15, 0.2) is 23.2 Å². The molecule has 0 atom stereocenters. The molecule has 7 heteroatoms. The predicted molar refractivity (Wildman–Crippen MR) is 104 cm³/mol. The van der Waals surface area contributed by atoms with E-state index in [1.165, 1.54) is 18.4 Å². The maximum atomic E-state index is 12.2. The minimum absolute atomic E-state index is 0.167. The number of methoxy groups -OCH3 is 1. The number of halogens is 1. The molecule has 0 spiro atoms. The third-order valence-electron chi connectivity index (χ3n) is 3.93. The Hall–Kier alpha value is -1.45. The van der Waals surface area contributed by atoms with E-state index in [1.54, 1.807) is 12.3 Å². The van der Waals surface area contributed by atoms with Crippen molar-refractivity contribution in [2.24, 2.45) is 4.99 Å². The number of carbonyl (C=O) groups excluding carboxylic acids is 1. The molecule has 0 unspecified atom stereocenters. The number of carbonyl (C=O) groups is 1. The first-order valence-corrected chi connectivity index (χ1v) is 9.33. The number of esters is 1. The minimum atomic E-state index is -0.351.